The third-order valence-electron chi connectivity index (χ3n) is 3.03. The molecule has 0 fully saturated rings. The summed E-state index contributed by atoms with van der Waals surface area (Å²) < 4.78 is 6.67. The fraction of sp³-hybridized carbons (Fsp3) is 0.0714. The Morgan fingerprint density at radius 3 is 2.75 bits per heavy atom. The number of rotatable bonds is 2. The van der Waals surface area contributed by atoms with Crippen LogP contribution in [-0.4, -0.2) is 4.57 Å². The SMILES string of the molecule is Nc1ccc2c(c1)oc(=O)n2Cc1cc(Cl)ccc1Cl. The lowest BCUT2D eigenvalue weighted by Crippen LogP contribution is -2.15. The Kier molecular flexibility index (Phi) is 3.20. The van der Waals surface area contributed by atoms with Crippen LogP contribution in [0.3, 0.4) is 0 Å². The number of hydrogen-bond donors (Lipinski definition) is 1. The van der Waals surface area contributed by atoms with Gasteiger partial charge in [0, 0.05) is 21.8 Å². The molecule has 0 saturated heterocycles. The maximum Gasteiger partial charge on any atom is 0.420 e. The number of nitrogens with two attached hydrogens (primary N) is 1. The maximum atomic E-state index is 11.9. The van der Waals surface area contributed by atoms with Crippen molar-refractivity contribution in [2.75, 3.05) is 5.73 Å². The van der Waals surface area contributed by atoms with Crippen LogP contribution in [0.2, 0.25) is 10.0 Å². The van der Waals surface area contributed by atoms with Gasteiger partial charge >= 0.3 is 5.76 Å². The van der Waals surface area contributed by atoms with Gasteiger partial charge < -0.3 is 10.2 Å². The number of aromatic nitrogens is 1. The van der Waals surface area contributed by atoms with Gasteiger partial charge in [-0.05, 0) is 35.9 Å². The molecule has 0 atom stereocenters. The highest BCUT2D eigenvalue weighted by Crippen LogP contribution is 2.23. The first kappa shape index (κ1) is 13.1. The van der Waals surface area contributed by atoms with E-state index in [2.05, 4.69) is 0 Å². The van der Waals surface area contributed by atoms with E-state index < -0.39 is 5.76 Å². The molecule has 2 aromatic carbocycles. The Balaban J connectivity index is 2.13. The molecule has 1 heterocycles. The van der Waals surface area contributed by atoms with Crippen LogP contribution in [0, 0.1) is 0 Å². The summed E-state index contributed by atoms with van der Waals surface area (Å²) >= 11 is 12.1. The first-order valence-corrected chi connectivity index (χ1v) is 6.63. The van der Waals surface area contributed by atoms with Crippen molar-refractivity contribution in [3.8, 4) is 0 Å². The van der Waals surface area contributed by atoms with E-state index in [0.717, 1.165) is 5.56 Å². The minimum Gasteiger partial charge on any atom is -0.408 e. The Hall–Kier alpha value is -1.91. The molecular weight excluding hydrogens is 299 g/mol. The van der Waals surface area contributed by atoms with Gasteiger partial charge in [0.15, 0.2) is 5.58 Å². The minimum atomic E-state index is -0.457. The zero-order chi connectivity index (χ0) is 14.3. The van der Waals surface area contributed by atoms with Gasteiger partial charge in [0.05, 0.1) is 12.1 Å². The lowest BCUT2D eigenvalue weighted by Gasteiger charge is -2.06. The summed E-state index contributed by atoms with van der Waals surface area (Å²) in [7, 11) is 0. The second-order valence-electron chi connectivity index (χ2n) is 4.42. The van der Waals surface area contributed by atoms with Crippen LogP contribution in [-0.2, 0) is 6.54 Å². The van der Waals surface area contributed by atoms with Gasteiger partial charge in [-0.25, -0.2) is 4.79 Å². The highest BCUT2D eigenvalue weighted by Gasteiger charge is 2.11. The molecule has 0 aliphatic heterocycles. The molecule has 20 heavy (non-hydrogen) atoms. The van der Waals surface area contributed by atoms with E-state index in [4.69, 9.17) is 33.4 Å². The van der Waals surface area contributed by atoms with Gasteiger partial charge in [-0.2, -0.15) is 0 Å². The standard InChI is InChI=1S/C14H10Cl2N2O2/c15-9-1-3-11(16)8(5-9)7-18-12-4-2-10(17)6-13(12)20-14(18)19/h1-6H,7,17H2. The van der Waals surface area contributed by atoms with Crippen molar-refractivity contribution in [1.29, 1.82) is 0 Å². The van der Waals surface area contributed by atoms with E-state index in [-0.39, 0.29) is 6.54 Å². The van der Waals surface area contributed by atoms with E-state index in [1.807, 2.05) is 0 Å². The largest absolute Gasteiger partial charge is 0.420 e. The quantitative estimate of drug-likeness (QED) is 0.737. The number of halogens is 2. The fourth-order valence-corrected chi connectivity index (χ4v) is 2.44. The Morgan fingerprint density at radius 1 is 1.15 bits per heavy atom. The summed E-state index contributed by atoms with van der Waals surface area (Å²) in [6, 6.07) is 10.2. The van der Waals surface area contributed by atoms with Crippen molar-refractivity contribution in [2.24, 2.45) is 0 Å². The summed E-state index contributed by atoms with van der Waals surface area (Å²) in [5.41, 5.74) is 8.08. The third-order valence-corrected chi connectivity index (χ3v) is 3.63. The van der Waals surface area contributed by atoms with Gasteiger partial charge in [-0.3, -0.25) is 4.57 Å². The smallest absolute Gasteiger partial charge is 0.408 e. The molecule has 0 aliphatic rings. The number of benzene rings is 2. The van der Waals surface area contributed by atoms with E-state index in [1.165, 1.54) is 4.57 Å². The molecule has 3 rings (SSSR count). The zero-order valence-corrected chi connectivity index (χ0v) is 11.8. The predicted octanol–water partition coefficient (Wildman–Crippen LogP) is 3.53. The molecule has 4 nitrogen and oxygen atoms in total. The van der Waals surface area contributed by atoms with E-state index >= 15 is 0 Å². The van der Waals surface area contributed by atoms with Crippen molar-refractivity contribution in [3.63, 3.8) is 0 Å². The van der Waals surface area contributed by atoms with E-state index in [0.29, 0.717) is 26.8 Å². The molecule has 1 aromatic heterocycles. The van der Waals surface area contributed by atoms with Crippen molar-refractivity contribution < 1.29 is 4.42 Å². The molecule has 2 N–H and O–H groups in total. The van der Waals surface area contributed by atoms with Crippen molar-refractivity contribution in [1.82, 2.24) is 4.57 Å². The van der Waals surface area contributed by atoms with Crippen LogP contribution in [0.15, 0.2) is 45.6 Å². The van der Waals surface area contributed by atoms with Gasteiger partial charge in [0.25, 0.3) is 0 Å². The lowest BCUT2D eigenvalue weighted by atomic mass is 10.2. The highest BCUT2D eigenvalue weighted by molar-refractivity contribution is 6.33. The number of nitrogen functional groups attached to an aromatic ring is 1. The van der Waals surface area contributed by atoms with Crippen LogP contribution in [0.25, 0.3) is 11.1 Å². The Morgan fingerprint density at radius 2 is 1.95 bits per heavy atom. The summed E-state index contributed by atoms with van der Waals surface area (Å²) in [6.45, 7) is 0.287. The molecule has 0 radical (unpaired) electrons. The molecule has 0 unspecified atom stereocenters. The van der Waals surface area contributed by atoms with Crippen LogP contribution < -0.4 is 11.5 Å². The molecule has 102 valence electrons. The van der Waals surface area contributed by atoms with Crippen LogP contribution >= 0.6 is 23.2 Å². The average molecular weight is 309 g/mol. The molecule has 6 heteroatoms. The summed E-state index contributed by atoms with van der Waals surface area (Å²) in [4.78, 5) is 11.9. The van der Waals surface area contributed by atoms with E-state index in [9.17, 15) is 4.79 Å². The van der Waals surface area contributed by atoms with Gasteiger partial charge in [0.2, 0.25) is 0 Å². The average Bonchev–Trinajstić information content (AvgIpc) is 2.69. The number of fused-ring (bicyclic) bond motifs is 1. The fourth-order valence-electron chi connectivity index (χ4n) is 2.07. The maximum absolute atomic E-state index is 11.9. The van der Waals surface area contributed by atoms with Crippen molar-refractivity contribution in [2.45, 2.75) is 6.54 Å². The van der Waals surface area contributed by atoms with Gasteiger partial charge in [-0.15, -0.1) is 0 Å². The molecule has 3 aromatic rings. The van der Waals surface area contributed by atoms with Gasteiger partial charge in [-0.1, -0.05) is 23.2 Å². The summed E-state index contributed by atoms with van der Waals surface area (Å²) in [5.74, 6) is -0.457. The van der Waals surface area contributed by atoms with Gasteiger partial charge in [0.1, 0.15) is 0 Å². The normalized spacial score (nSPS) is 11.1. The number of anilines is 1. The molecule has 0 aliphatic carbocycles. The van der Waals surface area contributed by atoms with E-state index in [1.54, 1.807) is 36.4 Å². The molecular formula is C14H10Cl2N2O2. The Bertz CT molecular complexity index is 852. The second kappa shape index (κ2) is 4.89. The van der Waals surface area contributed by atoms with Crippen molar-refractivity contribution >= 4 is 40.0 Å². The molecule has 0 bridgehead atoms. The number of nitrogens with zero attached hydrogens (tertiary/aromatic N) is 1. The lowest BCUT2D eigenvalue weighted by molar-refractivity contribution is 0.518. The zero-order valence-electron chi connectivity index (χ0n) is 10.3. The van der Waals surface area contributed by atoms with Crippen LogP contribution in [0.5, 0.6) is 0 Å². The van der Waals surface area contributed by atoms with Crippen molar-refractivity contribution in [3.05, 3.63) is 62.6 Å². The summed E-state index contributed by atoms with van der Waals surface area (Å²) in [6.07, 6.45) is 0. The Labute approximate surface area is 124 Å². The number of oxazole rings is 1. The number of hydrogen-bond acceptors (Lipinski definition) is 3. The molecule has 0 saturated carbocycles. The summed E-state index contributed by atoms with van der Waals surface area (Å²) in [5, 5.41) is 1.11. The highest BCUT2D eigenvalue weighted by atomic mass is 35.5. The predicted molar refractivity (Wildman–Crippen MR) is 80.5 cm³/mol. The van der Waals surface area contributed by atoms with Crippen LogP contribution in [0.1, 0.15) is 5.56 Å². The third kappa shape index (κ3) is 2.28. The molecule has 0 amide bonds. The monoisotopic (exact) mass is 308 g/mol. The first-order valence-electron chi connectivity index (χ1n) is 5.87. The van der Waals surface area contributed by atoms with Crippen LogP contribution in [0.4, 0.5) is 5.69 Å². The topological polar surface area (TPSA) is 61.2 Å². The first-order chi connectivity index (χ1) is 9.54. The molecule has 0 spiro atoms. The minimum absolute atomic E-state index is 0.287. The second-order valence-corrected chi connectivity index (χ2v) is 5.26.